The molecule has 0 saturated heterocycles. The molecule has 0 aliphatic carbocycles. The smallest absolute Gasteiger partial charge is 0.241 e. The number of carbonyl (C=O) groups is 1. The van der Waals surface area contributed by atoms with Crippen LogP contribution in [0.25, 0.3) is 0 Å². The van der Waals surface area contributed by atoms with E-state index >= 15 is 0 Å². The van der Waals surface area contributed by atoms with Gasteiger partial charge in [-0.25, -0.2) is 9.67 Å². The van der Waals surface area contributed by atoms with Gasteiger partial charge in [0.25, 0.3) is 0 Å². The third-order valence-corrected chi connectivity index (χ3v) is 4.00. The van der Waals surface area contributed by atoms with Gasteiger partial charge in [0.1, 0.15) is 0 Å². The summed E-state index contributed by atoms with van der Waals surface area (Å²) in [5.74, 6) is 1.32. The molecule has 0 saturated carbocycles. The SMILES string of the molecule is CCc1nn(C)c(OC)c1CN=C(NCC(=O)N(C)C)NC(C)CC.I. The number of aliphatic imine (C=N–C) groups is 1. The van der Waals surface area contributed by atoms with Crippen LogP contribution in [0.2, 0.25) is 0 Å². The van der Waals surface area contributed by atoms with Crippen molar-refractivity contribution in [2.45, 2.75) is 46.2 Å². The molecule has 0 aromatic carbocycles. The number of halogens is 1. The zero-order valence-electron chi connectivity index (χ0n) is 16.9. The van der Waals surface area contributed by atoms with E-state index in [1.165, 1.54) is 0 Å². The molecule has 1 aromatic rings. The predicted molar refractivity (Wildman–Crippen MR) is 115 cm³/mol. The molecule has 8 nitrogen and oxygen atoms in total. The van der Waals surface area contributed by atoms with Gasteiger partial charge in [0.15, 0.2) is 5.96 Å². The number of nitrogens with one attached hydrogen (secondary N) is 2. The second-order valence-corrected chi connectivity index (χ2v) is 6.17. The van der Waals surface area contributed by atoms with Gasteiger partial charge in [-0.15, -0.1) is 24.0 Å². The van der Waals surface area contributed by atoms with Crippen molar-refractivity contribution < 1.29 is 9.53 Å². The molecule has 1 rings (SSSR count). The third kappa shape index (κ3) is 7.00. The van der Waals surface area contributed by atoms with Crippen molar-refractivity contribution in [1.29, 1.82) is 0 Å². The van der Waals surface area contributed by atoms with E-state index in [9.17, 15) is 4.79 Å². The monoisotopic (exact) mass is 480 g/mol. The predicted octanol–water partition coefficient (Wildman–Crippen LogP) is 1.53. The number of methoxy groups -OCH3 is 1. The van der Waals surface area contributed by atoms with Crippen molar-refractivity contribution in [2.75, 3.05) is 27.7 Å². The summed E-state index contributed by atoms with van der Waals surface area (Å²) in [5.41, 5.74) is 1.94. The summed E-state index contributed by atoms with van der Waals surface area (Å²) in [6, 6.07) is 0.252. The molecule has 1 heterocycles. The van der Waals surface area contributed by atoms with Crippen LogP contribution in [0.4, 0.5) is 0 Å². The van der Waals surface area contributed by atoms with Gasteiger partial charge in [0.2, 0.25) is 11.8 Å². The van der Waals surface area contributed by atoms with Crippen LogP contribution in [0.15, 0.2) is 4.99 Å². The molecule has 150 valence electrons. The maximum atomic E-state index is 11.8. The Hall–Kier alpha value is -1.52. The minimum Gasteiger partial charge on any atom is -0.481 e. The third-order valence-electron chi connectivity index (χ3n) is 4.00. The van der Waals surface area contributed by atoms with E-state index in [4.69, 9.17) is 4.74 Å². The van der Waals surface area contributed by atoms with Gasteiger partial charge >= 0.3 is 0 Å². The molecule has 9 heteroatoms. The fourth-order valence-corrected chi connectivity index (χ4v) is 2.27. The van der Waals surface area contributed by atoms with Crippen molar-refractivity contribution in [3.8, 4) is 5.88 Å². The fourth-order valence-electron chi connectivity index (χ4n) is 2.27. The summed E-state index contributed by atoms with van der Waals surface area (Å²) >= 11 is 0. The normalized spacial score (nSPS) is 12.2. The highest BCUT2D eigenvalue weighted by molar-refractivity contribution is 14.0. The number of ether oxygens (including phenoxy) is 1. The van der Waals surface area contributed by atoms with E-state index in [1.54, 1.807) is 30.8 Å². The molecule has 0 aliphatic rings. The number of carbonyl (C=O) groups excluding carboxylic acids is 1. The van der Waals surface area contributed by atoms with E-state index in [2.05, 4.69) is 41.5 Å². The molecule has 1 atom stereocenters. The zero-order valence-corrected chi connectivity index (χ0v) is 19.2. The molecule has 0 bridgehead atoms. The van der Waals surface area contributed by atoms with Crippen LogP contribution in [0, 0.1) is 0 Å². The Labute approximate surface area is 173 Å². The molecule has 0 fully saturated rings. The van der Waals surface area contributed by atoms with Crippen LogP contribution in [-0.4, -0.2) is 60.3 Å². The Kier molecular flexibility index (Phi) is 11.3. The molecule has 0 aliphatic heterocycles. The van der Waals surface area contributed by atoms with Crippen LogP contribution in [0.3, 0.4) is 0 Å². The summed E-state index contributed by atoms with van der Waals surface area (Å²) in [7, 11) is 6.96. The Bertz CT molecular complexity index is 600. The Morgan fingerprint density at radius 3 is 2.54 bits per heavy atom. The molecule has 2 N–H and O–H groups in total. The second kappa shape index (κ2) is 12.0. The number of rotatable bonds is 8. The largest absolute Gasteiger partial charge is 0.481 e. The van der Waals surface area contributed by atoms with E-state index in [-0.39, 0.29) is 42.5 Å². The first kappa shape index (κ1) is 24.5. The van der Waals surface area contributed by atoms with E-state index < -0.39 is 0 Å². The van der Waals surface area contributed by atoms with Crippen LogP contribution in [-0.2, 0) is 24.8 Å². The fraction of sp³-hybridized carbons (Fsp3) is 0.706. The van der Waals surface area contributed by atoms with E-state index in [1.807, 2.05) is 7.05 Å². The minimum absolute atomic E-state index is 0. The number of likely N-dealkylation sites (N-methyl/N-ethyl adjacent to an activating group) is 1. The second-order valence-electron chi connectivity index (χ2n) is 6.17. The summed E-state index contributed by atoms with van der Waals surface area (Å²) in [6.07, 6.45) is 1.77. The first-order valence-corrected chi connectivity index (χ1v) is 8.67. The van der Waals surface area contributed by atoms with Gasteiger partial charge in [-0.05, 0) is 19.8 Å². The van der Waals surface area contributed by atoms with Crippen molar-refractivity contribution in [3.05, 3.63) is 11.3 Å². The lowest BCUT2D eigenvalue weighted by molar-refractivity contribution is -0.127. The van der Waals surface area contributed by atoms with E-state index in [0.717, 1.165) is 24.1 Å². The summed E-state index contributed by atoms with van der Waals surface area (Å²) in [5, 5.41) is 10.9. The molecule has 1 amide bonds. The summed E-state index contributed by atoms with van der Waals surface area (Å²) < 4.78 is 7.18. The molecule has 26 heavy (non-hydrogen) atoms. The highest BCUT2D eigenvalue weighted by Gasteiger charge is 2.16. The maximum Gasteiger partial charge on any atom is 0.241 e. The minimum atomic E-state index is -0.00754. The van der Waals surface area contributed by atoms with Crippen molar-refractivity contribution in [1.82, 2.24) is 25.3 Å². The molecule has 0 radical (unpaired) electrons. The first-order valence-electron chi connectivity index (χ1n) is 8.67. The maximum absolute atomic E-state index is 11.8. The van der Waals surface area contributed by atoms with E-state index in [0.29, 0.717) is 18.4 Å². The average molecular weight is 480 g/mol. The van der Waals surface area contributed by atoms with Gasteiger partial charge in [-0.2, -0.15) is 5.10 Å². The Morgan fingerprint density at radius 2 is 2.04 bits per heavy atom. The number of aromatic nitrogens is 2. The van der Waals surface area contributed by atoms with Gasteiger partial charge < -0.3 is 20.3 Å². The molecule has 1 aromatic heterocycles. The lowest BCUT2D eigenvalue weighted by Crippen LogP contribution is -2.45. The Morgan fingerprint density at radius 1 is 1.38 bits per heavy atom. The first-order chi connectivity index (χ1) is 11.8. The average Bonchev–Trinajstić information content (AvgIpc) is 2.91. The van der Waals surface area contributed by atoms with Gasteiger partial charge in [-0.1, -0.05) is 13.8 Å². The molecule has 1 unspecified atom stereocenters. The Balaban J connectivity index is 0.00000625. The highest BCUT2D eigenvalue weighted by Crippen LogP contribution is 2.22. The van der Waals surface area contributed by atoms with Gasteiger partial charge in [0, 0.05) is 27.2 Å². The van der Waals surface area contributed by atoms with Crippen molar-refractivity contribution in [3.63, 3.8) is 0 Å². The lowest BCUT2D eigenvalue weighted by Gasteiger charge is -2.18. The standard InChI is InChI=1S/C17H32N6O2.HI/c1-8-12(3)20-17(19-11-15(24)22(4)5)18-10-13-14(9-2)21-23(6)16(13)25-7;/h12H,8-11H2,1-7H3,(H2,18,19,20);1H. The van der Waals surface area contributed by atoms with Crippen LogP contribution in [0.1, 0.15) is 38.4 Å². The summed E-state index contributed by atoms with van der Waals surface area (Å²) in [4.78, 5) is 18.0. The van der Waals surface area contributed by atoms with Gasteiger partial charge in [-0.3, -0.25) is 4.79 Å². The molecule has 0 spiro atoms. The number of aryl methyl sites for hydroxylation is 2. The highest BCUT2D eigenvalue weighted by atomic mass is 127. The lowest BCUT2D eigenvalue weighted by atomic mass is 10.2. The molecular weight excluding hydrogens is 447 g/mol. The van der Waals surface area contributed by atoms with Crippen molar-refractivity contribution >= 4 is 35.8 Å². The zero-order chi connectivity index (χ0) is 19.0. The number of hydrogen-bond donors (Lipinski definition) is 2. The number of nitrogens with zero attached hydrogens (tertiary/aromatic N) is 4. The summed E-state index contributed by atoms with van der Waals surface area (Å²) in [6.45, 7) is 6.86. The number of amides is 1. The van der Waals surface area contributed by atoms with Crippen LogP contribution >= 0.6 is 24.0 Å². The number of guanidine groups is 1. The molecular formula is C17H33IN6O2. The topological polar surface area (TPSA) is 83.8 Å². The van der Waals surface area contributed by atoms with Gasteiger partial charge in [0.05, 0.1) is 31.5 Å². The van der Waals surface area contributed by atoms with Crippen molar-refractivity contribution in [2.24, 2.45) is 12.0 Å². The quantitative estimate of drug-likeness (QED) is 0.335. The van der Waals surface area contributed by atoms with Crippen LogP contribution in [0.5, 0.6) is 5.88 Å². The number of hydrogen-bond acceptors (Lipinski definition) is 4. The van der Waals surface area contributed by atoms with Crippen LogP contribution < -0.4 is 15.4 Å².